The number of carbonyl (C=O) groups excluding carboxylic acids is 2. The molecule has 0 aliphatic carbocycles. The van der Waals surface area contributed by atoms with Gasteiger partial charge in [-0.15, -0.1) is 0 Å². The lowest BCUT2D eigenvalue weighted by atomic mass is 10.1. The van der Waals surface area contributed by atoms with E-state index in [0.717, 1.165) is 18.2 Å². The van der Waals surface area contributed by atoms with Gasteiger partial charge in [-0.2, -0.15) is 13.2 Å². The molecule has 0 radical (unpaired) electrons. The molecule has 0 saturated carbocycles. The first-order valence-corrected chi connectivity index (χ1v) is 8.16. The summed E-state index contributed by atoms with van der Waals surface area (Å²) in [5, 5.41) is 2.36. The van der Waals surface area contributed by atoms with Gasteiger partial charge in [0.1, 0.15) is 11.5 Å². The van der Waals surface area contributed by atoms with Crippen molar-refractivity contribution in [3.63, 3.8) is 0 Å². The van der Waals surface area contributed by atoms with Gasteiger partial charge in [-0.3, -0.25) is 9.59 Å². The molecule has 2 rings (SSSR count). The Morgan fingerprint density at radius 2 is 1.85 bits per heavy atom. The average molecular weight is 381 g/mol. The highest BCUT2D eigenvalue weighted by atomic mass is 19.4. The van der Waals surface area contributed by atoms with Gasteiger partial charge in [-0.25, -0.2) is 0 Å². The summed E-state index contributed by atoms with van der Waals surface area (Å²) in [7, 11) is 0. The van der Waals surface area contributed by atoms with Gasteiger partial charge in [-0.05, 0) is 36.8 Å². The number of anilines is 1. The summed E-state index contributed by atoms with van der Waals surface area (Å²) in [6.07, 6.45) is -3.32. The van der Waals surface area contributed by atoms with Crippen LogP contribution in [0, 0.1) is 0 Å². The molecule has 5 nitrogen and oxygen atoms in total. The summed E-state index contributed by atoms with van der Waals surface area (Å²) >= 11 is 0. The minimum absolute atomic E-state index is 0.101. The summed E-state index contributed by atoms with van der Waals surface area (Å²) in [6, 6.07) is 9.15. The van der Waals surface area contributed by atoms with Crippen molar-refractivity contribution in [2.45, 2.75) is 19.5 Å². The Kier molecular flexibility index (Phi) is 6.81. The van der Waals surface area contributed by atoms with Crippen LogP contribution < -0.4 is 14.8 Å². The van der Waals surface area contributed by atoms with Crippen LogP contribution in [-0.2, 0) is 11.0 Å². The molecule has 27 heavy (non-hydrogen) atoms. The summed E-state index contributed by atoms with van der Waals surface area (Å²) in [4.78, 5) is 23.0. The van der Waals surface area contributed by atoms with Crippen LogP contribution in [0.2, 0.25) is 0 Å². The first-order valence-electron chi connectivity index (χ1n) is 8.16. The fourth-order valence-corrected chi connectivity index (χ4v) is 2.18. The third kappa shape index (κ3) is 5.73. The number of ether oxygens (including phenoxy) is 2. The SMILES string of the molecule is CCCOc1ccc(C(F)(F)F)cc1NC(=O)COc1ccccc1C=O. The summed E-state index contributed by atoms with van der Waals surface area (Å²) in [5.41, 5.74) is -0.749. The van der Waals surface area contributed by atoms with E-state index in [9.17, 15) is 22.8 Å². The number of para-hydroxylation sites is 1. The van der Waals surface area contributed by atoms with Crippen LogP contribution in [0.15, 0.2) is 42.5 Å². The first kappa shape index (κ1) is 20.3. The molecule has 0 aliphatic heterocycles. The van der Waals surface area contributed by atoms with Crippen LogP contribution in [0.4, 0.5) is 18.9 Å². The summed E-state index contributed by atoms with van der Waals surface area (Å²) in [6.45, 7) is 1.66. The van der Waals surface area contributed by atoms with E-state index < -0.39 is 24.3 Å². The second kappa shape index (κ2) is 9.07. The van der Waals surface area contributed by atoms with Gasteiger partial charge < -0.3 is 14.8 Å². The number of rotatable bonds is 8. The molecule has 2 aromatic rings. The molecular weight excluding hydrogens is 363 g/mol. The number of benzene rings is 2. The van der Waals surface area contributed by atoms with E-state index in [1.165, 1.54) is 12.1 Å². The average Bonchev–Trinajstić information content (AvgIpc) is 2.64. The highest BCUT2D eigenvalue weighted by Crippen LogP contribution is 2.35. The second-order valence-corrected chi connectivity index (χ2v) is 5.55. The van der Waals surface area contributed by atoms with Gasteiger partial charge in [0.2, 0.25) is 0 Å². The molecule has 0 unspecified atom stereocenters. The molecule has 144 valence electrons. The molecule has 1 amide bonds. The van der Waals surface area contributed by atoms with Crippen LogP contribution in [0.5, 0.6) is 11.5 Å². The van der Waals surface area contributed by atoms with Crippen LogP contribution >= 0.6 is 0 Å². The predicted molar refractivity (Wildman–Crippen MR) is 93.2 cm³/mol. The van der Waals surface area contributed by atoms with Gasteiger partial charge in [-0.1, -0.05) is 19.1 Å². The van der Waals surface area contributed by atoms with Gasteiger partial charge in [0.25, 0.3) is 5.91 Å². The highest BCUT2D eigenvalue weighted by Gasteiger charge is 2.31. The van der Waals surface area contributed by atoms with Crippen molar-refractivity contribution in [3.05, 3.63) is 53.6 Å². The van der Waals surface area contributed by atoms with Crippen LogP contribution in [0.25, 0.3) is 0 Å². The maximum atomic E-state index is 12.9. The van der Waals surface area contributed by atoms with E-state index in [1.54, 1.807) is 12.1 Å². The first-order chi connectivity index (χ1) is 12.8. The van der Waals surface area contributed by atoms with Crippen LogP contribution in [0.1, 0.15) is 29.3 Å². The summed E-state index contributed by atoms with van der Waals surface area (Å²) < 4.78 is 49.5. The molecule has 0 heterocycles. The molecule has 0 fully saturated rings. The van der Waals surface area contributed by atoms with Crippen molar-refractivity contribution in [2.24, 2.45) is 0 Å². The molecule has 2 aromatic carbocycles. The Labute approximate surface area is 154 Å². The number of hydrogen-bond donors (Lipinski definition) is 1. The third-order valence-corrected chi connectivity index (χ3v) is 3.45. The van der Waals surface area contributed by atoms with Crippen molar-refractivity contribution in [1.29, 1.82) is 0 Å². The Balaban J connectivity index is 2.13. The van der Waals surface area contributed by atoms with Crippen LogP contribution in [0.3, 0.4) is 0 Å². The number of hydrogen-bond acceptors (Lipinski definition) is 4. The lowest BCUT2D eigenvalue weighted by Crippen LogP contribution is -2.21. The van der Waals surface area contributed by atoms with Crippen LogP contribution in [-0.4, -0.2) is 25.4 Å². The van der Waals surface area contributed by atoms with Gasteiger partial charge >= 0.3 is 6.18 Å². The fraction of sp³-hybridized carbons (Fsp3) is 0.263. The van der Waals surface area contributed by atoms with Crippen molar-refractivity contribution >= 4 is 17.9 Å². The lowest BCUT2D eigenvalue weighted by molar-refractivity contribution is -0.137. The van der Waals surface area contributed by atoms with E-state index in [-0.39, 0.29) is 29.4 Å². The number of aldehydes is 1. The Hall–Kier alpha value is -3.03. The van der Waals surface area contributed by atoms with Crippen molar-refractivity contribution in [3.8, 4) is 11.5 Å². The topological polar surface area (TPSA) is 64.6 Å². The molecule has 0 bridgehead atoms. The zero-order chi connectivity index (χ0) is 19.9. The molecule has 1 N–H and O–H groups in total. The zero-order valence-electron chi connectivity index (χ0n) is 14.5. The highest BCUT2D eigenvalue weighted by molar-refractivity contribution is 5.93. The van der Waals surface area contributed by atoms with E-state index >= 15 is 0 Å². The maximum Gasteiger partial charge on any atom is 0.416 e. The summed E-state index contributed by atoms with van der Waals surface area (Å²) in [5.74, 6) is -0.350. The molecule has 0 atom stereocenters. The van der Waals surface area contributed by atoms with E-state index in [0.29, 0.717) is 12.7 Å². The Bertz CT molecular complexity index is 806. The molecular formula is C19H18F3NO4. The molecule has 0 aliphatic rings. The van der Waals surface area contributed by atoms with E-state index in [1.807, 2.05) is 6.92 Å². The zero-order valence-corrected chi connectivity index (χ0v) is 14.5. The molecule has 0 saturated heterocycles. The normalized spacial score (nSPS) is 11.0. The largest absolute Gasteiger partial charge is 0.491 e. The number of amides is 1. The van der Waals surface area contributed by atoms with Gasteiger partial charge in [0, 0.05) is 0 Å². The van der Waals surface area contributed by atoms with Crippen molar-refractivity contribution in [2.75, 3.05) is 18.5 Å². The molecule has 0 aromatic heterocycles. The smallest absolute Gasteiger partial charge is 0.416 e. The standard InChI is InChI=1S/C19H18F3NO4/c1-2-9-26-17-8-7-14(19(20,21)22)10-15(17)23-18(25)12-27-16-6-4-3-5-13(16)11-24/h3-8,10-11H,2,9,12H2,1H3,(H,23,25). The maximum absolute atomic E-state index is 12.9. The number of carbonyl (C=O) groups is 2. The lowest BCUT2D eigenvalue weighted by Gasteiger charge is -2.15. The molecule has 0 spiro atoms. The minimum atomic E-state index is -4.55. The van der Waals surface area contributed by atoms with Gasteiger partial charge in [0.15, 0.2) is 12.9 Å². The van der Waals surface area contributed by atoms with Gasteiger partial charge in [0.05, 0.1) is 23.4 Å². The van der Waals surface area contributed by atoms with E-state index in [4.69, 9.17) is 9.47 Å². The Morgan fingerprint density at radius 1 is 1.11 bits per heavy atom. The monoisotopic (exact) mass is 381 g/mol. The molecule has 8 heteroatoms. The van der Waals surface area contributed by atoms with Crippen molar-refractivity contribution in [1.82, 2.24) is 0 Å². The second-order valence-electron chi connectivity index (χ2n) is 5.55. The quantitative estimate of drug-likeness (QED) is 0.692. The van der Waals surface area contributed by atoms with Crippen molar-refractivity contribution < 1.29 is 32.2 Å². The predicted octanol–water partition coefficient (Wildman–Crippen LogP) is 4.32. The Morgan fingerprint density at radius 3 is 2.52 bits per heavy atom. The third-order valence-electron chi connectivity index (χ3n) is 3.45. The minimum Gasteiger partial charge on any atom is -0.491 e. The number of nitrogens with one attached hydrogen (secondary N) is 1. The van der Waals surface area contributed by atoms with E-state index in [2.05, 4.69) is 5.32 Å². The number of halogens is 3. The number of alkyl halides is 3. The fourth-order valence-electron chi connectivity index (χ4n) is 2.18.